The lowest BCUT2D eigenvalue weighted by molar-refractivity contribution is 0.00907. The van der Waals surface area contributed by atoms with Crippen LogP contribution in [0, 0.1) is 0 Å². The molecule has 1 aromatic rings. The molecule has 1 fully saturated rings. The maximum absolute atomic E-state index is 12.8. The van der Waals surface area contributed by atoms with Crippen molar-refractivity contribution in [3.8, 4) is 0 Å². The predicted octanol–water partition coefficient (Wildman–Crippen LogP) is 5.97. The fourth-order valence-electron chi connectivity index (χ4n) is 4.65. The van der Waals surface area contributed by atoms with Crippen molar-refractivity contribution in [2.45, 2.75) is 96.6 Å². The zero-order valence-electron chi connectivity index (χ0n) is 21.5. The largest absolute Gasteiger partial charge is 0.378 e. The molecular formula is C28H46N2O3. The van der Waals surface area contributed by atoms with E-state index in [1.165, 1.54) is 51.6 Å². The Morgan fingerprint density at radius 2 is 1.42 bits per heavy atom. The van der Waals surface area contributed by atoms with E-state index in [0.29, 0.717) is 17.2 Å². The molecule has 0 N–H and O–H groups in total. The molecule has 0 spiro atoms. The van der Waals surface area contributed by atoms with Gasteiger partial charge in [-0.2, -0.15) is 0 Å². The van der Waals surface area contributed by atoms with Gasteiger partial charge in [0.1, 0.15) is 0 Å². The molecule has 0 heterocycles. The third-order valence-corrected chi connectivity index (χ3v) is 6.98. The molecule has 186 valence electrons. The zero-order chi connectivity index (χ0) is 24.1. The molecule has 1 aliphatic rings. The Hall–Kier alpha value is -1.72. The van der Waals surface area contributed by atoms with E-state index in [-0.39, 0.29) is 17.7 Å². The van der Waals surface area contributed by atoms with Crippen molar-refractivity contribution in [1.82, 2.24) is 9.80 Å². The third-order valence-electron chi connectivity index (χ3n) is 6.98. The number of ketones is 1. The highest BCUT2D eigenvalue weighted by atomic mass is 16.5. The van der Waals surface area contributed by atoms with Crippen molar-refractivity contribution in [2.75, 3.05) is 33.8 Å². The fourth-order valence-corrected chi connectivity index (χ4v) is 4.65. The summed E-state index contributed by atoms with van der Waals surface area (Å²) in [5.74, 6) is 0.0524. The van der Waals surface area contributed by atoms with Gasteiger partial charge in [0.05, 0.1) is 6.10 Å². The van der Waals surface area contributed by atoms with Gasteiger partial charge in [-0.3, -0.25) is 9.59 Å². The van der Waals surface area contributed by atoms with Gasteiger partial charge in [-0.25, -0.2) is 0 Å². The summed E-state index contributed by atoms with van der Waals surface area (Å²) in [6.45, 7) is 7.10. The average molecular weight is 459 g/mol. The summed E-state index contributed by atoms with van der Waals surface area (Å²) >= 11 is 0. The molecule has 1 saturated carbocycles. The van der Waals surface area contributed by atoms with Gasteiger partial charge in [0, 0.05) is 30.8 Å². The molecule has 2 rings (SSSR count). The van der Waals surface area contributed by atoms with Crippen molar-refractivity contribution >= 4 is 11.7 Å². The summed E-state index contributed by atoms with van der Waals surface area (Å²) in [5, 5.41) is 0. The van der Waals surface area contributed by atoms with Crippen LogP contribution in [0.15, 0.2) is 24.3 Å². The Balaban J connectivity index is 1.56. The first-order valence-corrected chi connectivity index (χ1v) is 13.1. The average Bonchev–Trinajstić information content (AvgIpc) is 2.83. The van der Waals surface area contributed by atoms with Crippen LogP contribution in [0.3, 0.4) is 0 Å². The molecule has 33 heavy (non-hydrogen) atoms. The normalized spacial score (nSPS) is 18.5. The van der Waals surface area contributed by atoms with Crippen molar-refractivity contribution in [3.05, 3.63) is 35.4 Å². The maximum atomic E-state index is 12.8. The SMILES string of the molecule is CCCCCN(C)CCCCCCO[C@H]1CC[C@H](N(C)C(=O)c2ccc(C(C)=O)cc2)CC1. The van der Waals surface area contributed by atoms with E-state index in [4.69, 9.17) is 4.74 Å². The highest BCUT2D eigenvalue weighted by molar-refractivity contribution is 5.97. The maximum Gasteiger partial charge on any atom is 0.253 e. The summed E-state index contributed by atoms with van der Waals surface area (Å²) in [6.07, 6.45) is 13.3. The Kier molecular flexibility index (Phi) is 12.7. The minimum atomic E-state index is 0.0195. The Bertz CT molecular complexity index is 696. The number of unbranched alkanes of at least 4 members (excludes halogenated alkanes) is 5. The highest BCUT2D eigenvalue weighted by Crippen LogP contribution is 2.26. The Morgan fingerprint density at radius 3 is 2.03 bits per heavy atom. The highest BCUT2D eigenvalue weighted by Gasteiger charge is 2.27. The van der Waals surface area contributed by atoms with Gasteiger partial charge in [-0.1, -0.05) is 44.7 Å². The van der Waals surface area contributed by atoms with Crippen molar-refractivity contribution in [3.63, 3.8) is 0 Å². The van der Waals surface area contributed by atoms with Gasteiger partial charge in [0.15, 0.2) is 5.78 Å². The van der Waals surface area contributed by atoms with E-state index < -0.39 is 0 Å². The smallest absolute Gasteiger partial charge is 0.253 e. The minimum absolute atomic E-state index is 0.0195. The lowest BCUT2D eigenvalue weighted by atomic mass is 9.91. The van der Waals surface area contributed by atoms with Crippen LogP contribution in [0.25, 0.3) is 0 Å². The van der Waals surface area contributed by atoms with E-state index in [9.17, 15) is 9.59 Å². The lowest BCUT2D eigenvalue weighted by Gasteiger charge is -2.34. The molecule has 1 aliphatic carbocycles. The summed E-state index contributed by atoms with van der Waals surface area (Å²) in [4.78, 5) is 28.6. The van der Waals surface area contributed by atoms with Gasteiger partial charge < -0.3 is 14.5 Å². The van der Waals surface area contributed by atoms with Crippen LogP contribution >= 0.6 is 0 Å². The molecule has 5 heteroatoms. The molecule has 0 saturated heterocycles. The number of rotatable bonds is 15. The summed E-state index contributed by atoms with van der Waals surface area (Å²) in [6, 6.07) is 7.25. The first-order chi connectivity index (χ1) is 15.9. The van der Waals surface area contributed by atoms with Crippen LogP contribution in [0.1, 0.15) is 105 Å². The van der Waals surface area contributed by atoms with E-state index in [1.54, 1.807) is 31.2 Å². The number of Topliss-reactive ketones (excluding diaryl/α,β-unsaturated/α-hetero) is 1. The molecule has 0 bridgehead atoms. The molecule has 0 aromatic heterocycles. The number of hydrogen-bond donors (Lipinski definition) is 0. The predicted molar refractivity (Wildman–Crippen MR) is 136 cm³/mol. The second-order valence-corrected chi connectivity index (χ2v) is 9.78. The quantitative estimate of drug-likeness (QED) is 0.240. The number of carbonyl (C=O) groups excluding carboxylic acids is 2. The number of nitrogens with zero attached hydrogens (tertiary/aromatic N) is 2. The van der Waals surface area contributed by atoms with E-state index in [1.807, 2.05) is 11.9 Å². The van der Waals surface area contributed by atoms with Crippen molar-refractivity contribution in [2.24, 2.45) is 0 Å². The third kappa shape index (κ3) is 9.97. The monoisotopic (exact) mass is 458 g/mol. The van der Waals surface area contributed by atoms with Crippen molar-refractivity contribution in [1.29, 1.82) is 0 Å². The summed E-state index contributed by atoms with van der Waals surface area (Å²) < 4.78 is 6.14. The Labute approximate surface area is 201 Å². The van der Waals surface area contributed by atoms with Crippen LogP contribution in [0.4, 0.5) is 0 Å². The fraction of sp³-hybridized carbons (Fsp3) is 0.714. The van der Waals surface area contributed by atoms with Gasteiger partial charge in [-0.15, -0.1) is 0 Å². The first-order valence-electron chi connectivity index (χ1n) is 13.1. The molecule has 1 aromatic carbocycles. The van der Waals surface area contributed by atoms with Gasteiger partial charge in [0.2, 0.25) is 0 Å². The second-order valence-electron chi connectivity index (χ2n) is 9.78. The number of hydrogen-bond acceptors (Lipinski definition) is 4. The molecule has 0 atom stereocenters. The summed E-state index contributed by atoms with van der Waals surface area (Å²) in [7, 11) is 4.14. The van der Waals surface area contributed by atoms with Crippen molar-refractivity contribution < 1.29 is 14.3 Å². The van der Waals surface area contributed by atoms with Crippen LogP contribution in [-0.4, -0.2) is 67.4 Å². The standard InChI is InChI=1S/C28H46N2O3/c1-5-6-9-20-29(3)21-10-7-8-11-22-33-27-18-16-26(17-19-27)30(4)28(32)25-14-12-24(13-15-25)23(2)31/h12-15,26-27H,5-11,16-22H2,1-4H3/t26-,27-. The van der Waals surface area contributed by atoms with Crippen LogP contribution in [0.5, 0.6) is 0 Å². The number of amides is 1. The van der Waals surface area contributed by atoms with Gasteiger partial charge >= 0.3 is 0 Å². The molecule has 1 amide bonds. The molecule has 5 nitrogen and oxygen atoms in total. The lowest BCUT2D eigenvalue weighted by Crippen LogP contribution is -2.40. The molecule has 0 radical (unpaired) electrons. The number of benzene rings is 1. The molecule has 0 aliphatic heterocycles. The minimum Gasteiger partial charge on any atom is -0.378 e. The second kappa shape index (κ2) is 15.2. The molecular weight excluding hydrogens is 412 g/mol. The summed E-state index contributed by atoms with van der Waals surface area (Å²) in [5.41, 5.74) is 1.29. The molecule has 0 unspecified atom stereocenters. The van der Waals surface area contributed by atoms with Crippen LogP contribution < -0.4 is 0 Å². The van der Waals surface area contributed by atoms with E-state index >= 15 is 0 Å². The number of ether oxygens (including phenoxy) is 1. The number of carbonyl (C=O) groups is 2. The van der Waals surface area contributed by atoms with Crippen LogP contribution in [0.2, 0.25) is 0 Å². The van der Waals surface area contributed by atoms with Gasteiger partial charge in [-0.05, 0) is 84.1 Å². The van der Waals surface area contributed by atoms with E-state index in [0.717, 1.165) is 38.7 Å². The topological polar surface area (TPSA) is 49.9 Å². The van der Waals surface area contributed by atoms with Gasteiger partial charge in [0.25, 0.3) is 5.91 Å². The first kappa shape index (κ1) is 27.5. The van der Waals surface area contributed by atoms with E-state index in [2.05, 4.69) is 18.9 Å². The van der Waals surface area contributed by atoms with Crippen LogP contribution in [-0.2, 0) is 4.74 Å². The zero-order valence-corrected chi connectivity index (χ0v) is 21.5. The Morgan fingerprint density at radius 1 is 0.848 bits per heavy atom.